The Morgan fingerprint density at radius 3 is 3.08 bits per heavy atom. The number of aldehydes is 1. The molecule has 0 N–H and O–H groups in total. The number of benzene rings is 1. The molecule has 0 aliphatic rings. The molecule has 0 atom stereocenters. The number of carbonyl (C=O) groups excluding carboxylic acids is 1. The molecule has 2 aromatic rings. The quantitative estimate of drug-likeness (QED) is 0.605. The van der Waals surface area contributed by atoms with Crippen LogP contribution in [-0.2, 0) is 0 Å². The summed E-state index contributed by atoms with van der Waals surface area (Å²) >= 11 is 0. The topological polar surface area (TPSA) is 43.1 Å². The van der Waals surface area contributed by atoms with Gasteiger partial charge in [-0.05, 0) is 18.2 Å². The summed E-state index contributed by atoms with van der Waals surface area (Å²) in [6, 6.07) is 3.94. The highest BCUT2D eigenvalue weighted by Gasteiger charge is 2.06. The van der Waals surface area contributed by atoms with E-state index in [0.29, 0.717) is 17.2 Å². The summed E-state index contributed by atoms with van der Waals surface area (Å²) in [5.74, 6) is -0.349. The molecule has 0 amide bonds. The van der Waals surface area contributed by atoms with Crippen molar-refractivity contribution >= 4 is 17.2 Å². The molecule has 4 heteroatoms. The Hall–Kier alpha value is -1.71. The van der Waals surface area contributed by atoms with Crippen LogP contribution in [0.15, 0.2) is 22.7 Å². The Balaban J connectivity index is 2.83. The minimum atomic E-state index is -0.409. The molecule has 2 rings (SSSR count). The van der Waals surface area contributed by atoms with Gasteiger partial charge in [0, 0.05) is 0 Å². The van der Waals surface area contributed by atoms with E-state index < -0.39 is 5.82 Å². The molecule has 1 aromatic heterocycles. The lowest BCUT2D eigenvalue weighted by Gasteiger charge is -1.86. The maximum Gasteiger partial charge on any atom is 0.207 e. The van der Waals surface area contributed by atoms with Crippen LogP contribution in [0.2, 0.25) is 0 Å². The van der Waals surface area contributed by atoms with Crippen LogP contribution in [0, 0.1) is 5.82 Å². The molecule has 1 heterocycles. The molecule has 0 aliphatic heterocycles. The van der Waals surface area contributed by atoms with Gasteiger partial charge in [0.25, 0.3) is 0 Å². The van der Waals surface area contributed by atoms with Crippen LogP contribution in [-0.4, -0.2) is 11.4 Å². The van der Waals surface area contributed by atoms with Gasteiger partial charge in [0.05, 0.1) is 5.39 Å². The maximum absolute atomic E-state index is 12.6. The molecule has 1 aromatic carbocycles. The molecule has 0 saturated carbocycles. The summed E-state index contributed by atoms with van der Waals surface area (Å²) in [6.07, 6.45) is 0.509. The van der Waals surface area contributed by atoms with Crippen molar-refractivity contribution < 1.29 is 13.7 Å². The molecular formula is C8H4FNO2. The molecule has 0 unspecified atom stereocenters. The minimum Gasteiger partial charge on any atom is -0.352 e. The highest BCUT2D eigenvalue weighted by molar-refractivity contribution is 5.93. The van der Waals surface area contributed by atoms with E-state index in [1.165, 1.54) is 18.2 Å². The summed E-state index contributed by atoms with van der Waals surface area (Å²) in [6.45, 7) is 0. The monoisotopic (exact) mass is 165 g/mol. The zero-order chi connectivity index (χ0) is 8.55. The lowest BCUT2D eigenvalue weighted by Crippen LogP contribution is -1.76. The predicted molar refractivity (Wildman–Crippen MR) is 39.4 cm³/mol. The van der Waals surface area contributed by atoms with Gasteiger partial charge in [0.1, 0.15) is 11.3 Å². The van der Waals surface area contributed by atoms with Gasteiger partial charge < -0.3 is 4.52 Å². The molecule has 0 spiro atoms. The molecule has 60 valence electrons. The molecule has 0 saturated heterocycles. The number of halogens is 1. The zero-order valence-electron chi connectivity index (χ0n) is 5.95. The molecule has 0 bridgehead atoms. The highest BCUT2D eigenvalue weighted by atomic mass is 19.1. The molecular weight excluding hydrogens is 161 g/mol. The summed E-state index contributed by atoms with van der Waals surface area (Å²) in [5, 5.41) is 3.97. The van der Waals surface area contributed by atoms with Crippen LogP contribution < -0.4 is 0 Å². The van der Waals surface area contributed by atoms with Gasteiger partial charge in [-0.1, -0.05) is 5.16 Å². The number of carbonyl (C=O) groups is 1. The third-order valence-corrected chi connectivity index (χ3v) is 1.57. The van der Waals surface area contributed by atoms with Crippen molar-refractivity contribution in [3.05, 3.63) is 29.8 Å². The first-order chi connectivity index (χ1) is 5.81. The predicted octanol–water partition coefficient (Wildman–Crippen LogP) is 1.78. The van der Waals surface area contributed by atoms with Gasteiger partial charge in [-0.3, -0.25) is 4.79 Å². The molecule has 0 aliphatic carbocycles. The number of aromatic nitrogens is 1. The summed E-state index contributed by atoms with van der Waals surface area (Å²) in [5.41, 5.74) is 0.485. The van der Waals surface area contributed by atoms with Gasteiger partial charge in [0.15, 0.2) is 6.29 Å². The second kappa shape index (κ2) is 2.41. The Bertz CT molecular complexity index is 436. The third-order valence-electron chi connectivity index (χ3n) is 1.57. The van der Waals surface area contributed by atoms with E-state index in [0.717, 1.165) is 0 Å². The Morgan fingerprint density at radius 1 is 1.50 bits per heavy atom. The van der Waals surface area contributed by atoms with Gasteiger partial charge in [-0.2, -0.15) is 0 Å². The van der Waals surface area contributed by atoms with Crippen molar-refractivity contribution in [3.8, 4) is 0 Å². The van der Waals surface area contributed by atoms with E-state index in [2.05, 4.69) is 9.68 Å². The largest absolute Gasteiger partial charge is 0.352 e. The standard InChI is InChI=1S/C8H4FNO2/c9-5-1-2-7-6(3-5)8(4-11)12-10-7/h1-4H. The van der Waals surface area contributed by atoms with Crippen molar-refractivity contribution in [2.75, 3.05) is 0 Å². The van der Waals surface area contributed by atoms with E-state index in [9.17, 15) is 9.18 Å². The van der Waals surface area contributed by atoms with Crippen molar-refractivity contribution in [1.29, 1.82) is 0 Å². The van der Waals surface area contributed by atoms with Crippen LogP contribution in [0.25, 0.3) is 10.9 Å². The maximum atomic E-state index is 12.6. The number of nitrogens with zero attached hydrogens (tertiary/aromatic N) is 1. The molecule has 12 heavy (non-hydrogen) atoms. The number of hydrogen-bond donors (Lipinski definition) is 0. The second-order valence-electron chi connectivity index (χ2n) is 2.33. The minimum absolute atomic E-state index is 0.0597. The Kier molecular flexibility index (Phi) is 1.40. The second-order valence-corrected chi connectivity index (χ2v) is 2.33. The number of fused-ring (bicyclic) bond motifs is 1. The van der Waals surface area contributed by atoms with Crippen LogP contribution in [0.3, 0.4) is 0 Å². The number of hydrogen-bond acceptors (Lipinski definition) is 3. The van der Waals surface area contributed by atoms with Crippen LogP contribution in [0.4, 0.5) is 4.39 Å². The van der Waals surface area contributed by atoms with E-state index >= 15 is 0 Å². The summed E-state index contributed by atoms with van der Waals surface area (Å²) in [7, 11) is 0. The van der Waals surface area contributed by atoms with Gasteiger partial charge in [-0.15, -0.1) is 0 Å². The van der Waals surface area contributed by atoms with Crippen molar-refractivity contribution in [2.24, 2.45) is 0 Å². The Labute approximate surface area is 66.8 Å². The van der Waals surface area contributed by atoms with Crippen molar-refractivity contribution in [2.45, 2.75) is 0 Å². The van der Waals surface area contributed by atoms with E-state index in [1.807, 2.05) is 0 Å². The molecule has 0 fully saturated rings. The van der Waals surface area contributed by atoms with Crippen LogP contribution in [0.1, 0.15) is 10.6 Å². The Morgan fingerprint density at radius 2 is 2.33 bits per heavy atom. The fraction of sp³-hybridized carbons (Fsp3) is 0. The van der Waals surface area contributed by atoms with Gasteiger partial charge in [0.2, 0.25) is 5.76 Å². The average Bonchev–Trinajstić information content (AvgIpc) is 2.46. The molecule has 3 nitrogen and oxygen atoms in total. The van der Waals surface area contributed by atoms with Crippen molar-refractivity contribution in [1.82, 2.24) is 5.16 Å². The smallest absolute Gasteiger partial charge is 0.207 e. The van der Waals surface area contributed by atoms with Gasteiger partial charge in [-0.25, -0.2) is 4.39 Å². The summed E-state index contributed by atoms with van der Waals surface area (Å²) < 4.78 is 17.3. The van der Waals surface area contributed by atoms with Gasteiger partial charge >= 0.3 is 0 Å². The normalized spacial score (nSPS) is 10.4. The zero-order valence-corrected chi connectivity index (χ0v) is 5.95. The third kappa shape index (κ3) is 0.887. The first-order valence-corrected chi connectivity index (χ1v) is 3.31. The highest BCUT2D eigenvalue weighted by Crippen LogP contribution is 2.17. The first-order valence-electron chi connectivity index (χ1n) is 3.31. The average molecular weight is 165 g/mol. The SMILES string of the molecule is O=Cc1onc2ccc(F)cc12. The van der Waals surface area contributed by atoms with Crippen LogP contribution in [0.5, 0.6) is 0 Å². The summed E-state index contributed by atoms with van der Waals surface area (Å²) in [4.78, 5) is 10.3. The first kappa shape index (κ1) is 6.97. The van der Waals surface area contributed by atoms with Crippen LogP contribution >= 0.6 is 0 Å². The van der Waals surface area contributed by atoms with E-state index in [4.69, 9.17) is 0 Å². The van der Waals surface area contributed by atoms with E-state index in [1.54, 1.807) is 0 Å². The molecule has 0 radical (unpaired) electrons. The van der Waals surface area contributed by atoms with E-state index in [-0.39, 0.29) is 5.76 Å². The van der Waals surface area contributed by atoms with Crippen molar-refractivity contribution in [3.63, 3.8) is 0 Å². The lowest BCUT2D eigenvalue weighted by atomic mass is 10.2. The fourth-order valence-electron chi connectivity index (χ4n) is 1.02. The number of rotatable bonds is 1. The lowest BCUT2D eigenvalue weighted by molar-refractivity contribution is 0.109. The fourth-order valence-corrected chi connectivity index (χ4v) is 1.02.